The number of hydrogen-bond donors (Lipinski definition) is 2. The SMILES string of the molecule is CC1(C(Cc2cccc3ccccc23)NN)CCCCO1. The van der Waals surface area contributed by atoms with E-state index in [0.29, 0.717) is 0 Å². The molecule has 0 aromatic heterocycles. The number of hydrogen-bond acceptors (Lipinski definition) is 3. The Kier molecular flexibility index (Phi) is 4.24. The van der Waals surface area contributed by atoms with Crippen LogP contribution in [0.3, 0.4) is 0 Å². The zero-order chi connectivity index (χ0) is 14.7. The van der Waals surface area contributed by atoms with Crippen molar-refractivity contribution in [3.8, 4) is 0 Å². The Hall–Kier alpha value is -1.42. The summed E-state index contributed by atoms with van der Waals surface area (Å²) >= 11 is 0. The maximum atomic E-state index is 6.06. The van der Waals surface area contributed by atoms with Gasteiger partial charge in [0.05, 0.1) is 11.6 Å². The zero-order valence-electron chi connectivity index (χ0n) is 12.6. The van der Waals surface area contributed by atoms with Crippen LogP contribution in [0.25, 0.3) is 10.8 Å². The van der Waals surface area contributed by atoms with Crippen LogP contribution in [-0.2, 0) is 11.2 Å². The van der Waals surface area contributed by atoms with Crippen molar-refractivity contribution < 1.29 is 4.74 Å². The number of fused-ring (bicyclic) bond motifs is 1. The number of nitrogens with two attached hydrogens (primary N) is 1. The number of nitrogens with one attached hydrogen (secondary N) is 1. The lowest BCUT2D eigenvalue weighted by atomic mass is 9.84. The Morgan fingerprint density at radius 3 is 2.76 bits per heavy atom. The van der Waals surface area contributed by atoms with Crippen molar-refractivity contribution in [3.05, 3.63) is 48.0 Å². The van der Waals surface area contributed by atoms with E-state index in [9.17, 15) is 0 Å². The van der Waals surface area contributed by atoms with Gasteiger partial charge in [0.2, 0.25) is 0 Å². The molecule has 2 atom stereocenters. The lowest BCUT2D eigenvalue weighted by molar-refractivity contribution is -0.0884. The molecule has 0 saturated carbocycles. The predicted octanol–water partition coefficient (Wildman–Crippen LogP) is 3.17. The fourth-order valence-electron chi connectivity index (χ4n) is 3.37. The van der Waals surface area contributed by atoms with Gasteiger partial charge >= 0.3 is 0 Å². The van der Waals surface area contributed by atoms with Gasteiger partial charge in [-0.2, -0.15) is 0 Å². The van der Waals surface area contributed by atoms with E-state index >= 15 is 0 Å². The van der Waals surface area contributed by atoms with E-state index in [4.69, 9.17) is 10.6 Å². The highest BCUT2D eigenvalue weighted by Gasteiger charge is 2.36. The smallest absolute Gasteiger partial charge is 0.0823 e. The first-order valence-corrected chi connectivity index (χ1v) is 7.80. The molecule has 2 unspecified atom stereocenters. The Balaban J connectivity index is 1.89. The first-order chi connectivity index (χ1) is 10.2. The molecule has 3 N–H and O–H groups in total. The third-order valence-electron chi connectivity index (χ3n) is 4.74. The van der Waals surface area contributed by atoms with Crippen molar-refractivity contribution in [2.24, 2.45) is 5.84 Å². The van der Waals surface area contributed by atoms with Gasteiger partial charge in [-0.3, -0.25) is 11.3 Å². The summed E-state index contributed by atoms with van der Waals surface area (Å²) < 4.78 is 6.06. The highest BCUT2D eigenvalue weighted by Crippen LogP contribution is 2.30. The number of rotatable bonds is 4. The minimum absolute atomic E-state index is 0.128. The van der Waals surface area contributed by atoms with Crippen molar-refractivity contribution in [3.63, 3.8) is 0 Å². The standard InChI is InChI=1S/C18H24N2O/c1-18(11-4-5-12-21-18)17(20-19)13-15-9-6-8-14-7-2-3-10-16(14)15/h2-3,6-10,17,20H,4-5,11-13,19H2,1H3. The molecule has 0 spiro atoms. The van der Waals surface area contributed by atoms with Crippen LogP contribution in [0.1, 0.15) is 31.7 Å². The molecule has 2 aromatic rings. The molecule has 21 heavy (non-hydrogen) atoms. The third-order valence-corrected chi connectivity index (χ3v) is 4.74. The summed E-state index contributed by atoms with van der Waals surface area (Å²) in [5, 5.41) is 2.58. The average Bonchev–Trinajstić information content (AvgIpc) is 2.53. The summed E-state index contributed by atoms with van der Waals surface area (Å²) in [4.78, 5) is 0. The zero-order valence-corrected chi connectivity index (χ0v) is 12.6. The minimum atomic E-state index is -0.177. The van der Waals surface area contributed by atoms with Crippen LogP contribution in [0.5, 0.6) is 0 Å². The second-order valence-corrected chi connectivity index (χ2v) is 6.18. The number of benzene rings is 2. The highest BCUT2D eigenvalue weighted by molar-refractivity contribution is 5.85. The van der Waals surface area contributed by atoms with Gasteiger partial charge in [-0.05, 0) is 48.9 Å². The van der Waals surface area contributed by atoms with Crippen LogP contribution in [0.15, 0.2) is 42.5 Å². The number of ether oxygens (including phenoxy) is 1. The van der Waals surface area contributed by atoms with Crippen molar-refractivity contribution in [2.75, 3.05) is 6.61 Å². The molecule has 1 aliphatic rings. The summed E-state index contributed by atoms with van der Waals surface area (Å²) in [5.41, 5.74) is 4.15. The molecule has 1 aliphatic heterocycles. The first-order valence-electron chi connectivity index (χ1n) is 7.80. The Morgan fingerprint density at radius 2 is 2.00 bits per heavy atom. The fourth-order valence-corrected chi connectivity index (χ4v) is 3.37. The predicted molar refractivity (Wildman–Crippen MR) is 87.0 cm³/mol. The van der Waals surface area contributed by atoms with Crippen molar-refractivity contribution >= 4 is 10.8 Å². The maximum absolute atomic E-state index is 6.06. The largest absolute Gasteiger partial charge is 0.374 e. The molecule has 0 radical (unpaired) electrons. The topological polar surface area (TPSA) is 47.3 Å². The van der Waals surface area contributed by atoms with E-state index < -0.39 is 0 Å². The minimum Gasteiger partial charge on any atom is -0.374 e. The maximum Gasteiger partial charge on any atom is 0.0823 e. The highest BCUT2D eigenvalue weighted by atomic mass is 16.5. The van der Waals surface area contributed by atoms with Gasteiger partial charge in [0.1, 0.15) is 0 Å². The van der Waals surface area contributed by atoms with Gasteiger partial charge in [-0.25, -0.2) is 0 Å². The molecule has 3 heteroatoms. The number of hydrazine groups is 1. The molecule has 0 aliphatic carbocycles. The van der Waals surface area contributed by atoms with Gasteiger partial charge in [0, 0.05) is 6.61 Å². The molecule has 112 valence electrons. The molecular formula is C18H24N2O. The van der Waals surface area contributed by atoms with E-state index in [1.165, 1.54) is 22.8 Å². The van der Waals surface area contributed by atoms with E-state index in [-0.39, 0.29) is 11.6 Å². The summed E-state index contributed by atoms with van der Waals surface area (Å²) in [7, 11) is 0. The van der Waals surface area contributed by atoms with Crippen molar-refractivity contribution in [1.29, 1.82) is 0 Å². The summed E-state index contributed by atoms with van der Waals surface area (Å²) in [6.07, 6.45) is 4.31. The second kappa shape index (κ2) is 6.14. The van der Waals surface area contributed by atoms with E-state index in [0.717, 1.165) is 25.9 Å². The molecule has 0 amide bonds. The van der Waals surface area contributed by atoms with Crippen molar-refractivity contribution in [2.45, 2.75) is 44.2 Å². The molecule has 3 nitrogen and oxygen atoms in total. The van der Waals surface area contributed by atoms with E-state index in [1.807, 2.05) is 0 Å². The van der Waals surface area contributed by atoms with Crippen LogP contribution in [0.2, 0.25) is 0 Å². The molecule has 1 heterocycles. The lowest BCUT2D eigenvalue weighted by Crippen LogP contribution is -2.55. The van der Waals surface area contributed by atoms with Gasteiger partial charge < -0.3 is 4.74 Å². The second-order valence-electron chi connectivity index (χ2n) is 6.18. The monoisotopic (exact) mass is 284 g/mol. The summed E-state index contributed by atoms with van der Waals surface area (Å²) in [6, 6.07) is 15.1. The van der Waals surface area contributed by atoms with Crippen LogP contribution in [-0.4, -0.2) is 18.2 Å². The molecular weight excluding hydrogens is 260 g/mol. The van der Waals surface area contributed by atoms with Gasteiger partial charge in [0.25, 0.3) is 0 Å². The molecule has 2 aromatic carbocycles. The fraction of sp³-hybridized carbons (Fsp3) is 0.444. The molecule has 1 saturated heterocycles. The quantitative estimate of drug-likeness (QED) is 0.669. The Bertz CT molecular complexity index is 600. The third kappa shape index (κ3) is 2.95. The van der Waals surface area contributed by atoms with Crippen LogP contribution in [0, 0.1) is 0 Å². The van der Waals surface area contributed by atoms with Crippen LogP contribution < -0.4 is 11.3 Å². The normalized spacial score (nSPS) is 24.1. The lowest BCUT2D eigenvalue weighted by Gasteiger charge is -2.40. The first kappa shape index (κ1) is 14.5. The molecule has 1 fully saturated rings. The molecule has 3 rings (SSSR count). The van der Waals surface area contributed by atoms with E-state index in [2.05, 4.69) is 54.8 Å². The van der Waals surface area contributed by atoms with Crippen LogP contribution in [0.4, 0.5) is 0 Å². The average molecular weight is 284 g/mol. The Labute approximate surface area is 126 Å². The van der Waals surface area contributed by atoms with Gasteiger partial charge in [-0.15, -0.1) is 0 Å². The summed E-state index contributed by atoms with van der Waals surface area (Å²) in [6.45, 7) is 3.02. The summed E-state index contributed by atoms with van der Waals surface area (Å²) in [5.74, 6) is 5.85. The van der Waals surface area contributed by atoms with Crippen LogP contribution >= 0.6 is 0 Å². The van der Waals surface area contributed by atoms with Gasteiger partial charge in [0.15, 0.2) is 0 Å². The Morgan fingerprint density at radius 1 is 1.19 bits per heavy atom. The van der Waals surface area contributed by atoms with E-state index in [1.54, 1.807) is 0 Å². The molecule has 0 bridgehead atoms. The van der Waals surface area contributed by atoms with Gasteiger partial charge in [-0.1, -0.05) is 42.5 Å². The van der Waals surface area contributed by atoms with Crippen molar-refractivity contribution in [1.82, 2.24) is 5.43 Å².